The molecule has 0 bridgehead atoms. The van der Waals surface area contributed by atoms with E-state index in [2.05, 4.69) is 0 Å². The zero-order chi connectivity index (χ0) is 6.85. The van der Waals surface area contributed by atoms with Crippen LogP contribution in [-0.4, -0.2) is 39.6 Å². The van der Waals surface area contributed by atoms with Crippen molar-refractivity contribution in [1.29, 1.82) is 0 Å². The van der Waals surface area contributed by atoms with Crippen molar-refractivity contribution < 1.29 is 14.2 Å². The summed E-state index contributed by atoms with van der Waals surface area (Å²) in [5, 5.41) is 0. The van der Waals surface area contributed by atoms with Gasteiger partial charge in [0, 0.05) is 21.3 Å². The van der Waals surface area contributed by atoms with Gasteiger partial charge < -0.3 is 14.2 Å². The third-order valence-electron chi connectivity index (χ3n) is 1.65. The third-order valence-corrected chi connectivity index (χ3v) is 1.65. The second kappa shape index (κ2) is 2.64. The van der Waals surface area contributed by atoms with Crippen LogP contribution in [-0.2, 0) is 14.2 Å². The van der Waals surface area contributed by atoms with Crippen molar-refractivity contribution in [3.8, 4) is 0 Å². The van der Waals surface area contributed by atoms with Gasteiger partial charge in [0.05, 0.1) is 0 Å². The van der Waals surface area contributed by atoms with Gasteiger partial charge in [0.15, 0.2) is 0 Å². The van der Waals surface area contributed by atoms with E-state index in [1.54, 1.807) is 21.3 Å². The molecule has 0 aromatic carbocycles. The predicted molar refractivity (Wildman–Crippen MR) is 32.4 cm³/mol. The van der Waals surface area contributed by atoms with Crippen molar-refractivity contribution in [3.05, 3.63) is 0 Å². The highest BCUT2D eigenvalue weighted by Crippen LogP contribution is 2.31. The summed E-state index contributed by atoms with van der Waals surface area (Å²) in [6.07, 6.45) is 0.458. The van der Waals surface area contributed by atoms with E-state index in [4.69, 9.17) is 14.2 Å². The molecule has 1 aliphatic rings. The van der Waals surface area contributed by atoms with Crippen LogP contribution in [0.3, 0.4) is 0 Å². The Morgan fingerprint density at radius 1 is 0.667 bits per heavy atom. The average molecular weight is 132 g/mol. The van der Waals surface area contributed by atoms with E-state index in [0.29, 0.717) is 0 Å². The van der Waals surface area contributed by atoms with E-state index >= 15 is 0 Å². The molecule has 3 heteroatoms. The van der Waals surface area contributed by atoms with Crippen LogP contribution in [0.1, 0.15) is 0 Å². The summed E-state index contributed by atoms with van der Waals surface area (Å²) in [5.41, 5.74) is 0. The molecule has 0 aromatic heterocycles. The molecule has 0 radical (unpaired) electrons. The summed E-state index contributed by atoms with van der Waals surface area (Å²) in [5.74, 6) is 0. The summed E-state index contributed by atoms with van der Waals surface area (Å²) in [6, 6.07) is 0. The molecule has 0 aromatic rings. The number of ether oxygens (including phenoxy) is 3. The van der Waals surface area contributed by atoms with E-state index in [1.807, 2.05) is 0 Å². The highest BCUT2D eigenvalue weighted by atomic mass is 16.6. The third kappa shape index (κ3) is 1.08. The minimum atomic E-state index is 0.153. The minimum Gasteiger partial charge on any atom is -0.376 e. The molecule has 1 rings (SSSR count). The molecule has 1 aliphatic carbocycles. The van der Waals surface area contributed by atoms with Crippen molar-refractivity contribution in [3.63, 3.8) is 0 Å². The molecule has 0 aliphatic heterocycles. The monoisotopic (exact) mass is 132 g/mol. The Bertz CT molecular complexity index is 69.3. The van der Waals surface area contributed by atoms with E-state index in [0.717, 1.165) is 0 Å². The fourth-order valence-corrected chi connectivity index (χ4v) is 1.04. The molecule has 9 heavy (non-hydrogen) atoms. The topological polar surface area (TPSA) is 27.7 Å². The molecular weight excluding hydrogens is 120 g/mol. The Kier molecular flexibility index (Phi) is 2.05. The van der Waals surface area contributed by atoms with Crippen LogP contribution in [0, 0.1) is 0 Å². The minimum absolute atomic E-state index is 0.153. The normalized spacial score (nSPS) is 41.0. The quantitative estimate of drug-likeness (QED) is 0.543. The molecule has 0 unspecified atom stereocenters. The second-order valence-corrected chi connectivity index (χ2v) is 2.10. The molecule has 0 atom stereocenters. The van der Waals surface area contributed by atoms with Gasteiger partial charge in [0.25, 0.3) is 0 Å². The van der Waals surface area contributed by atoms with E-state index in [-0.39, 0.29) is 18.3 Å². The van der Waals surface area contributed by atoms with Crippen LogP contribution in [0.2, 0.25) is 0 Å². The van der Waals surface area contributed by atoms with Crippen LogP contribution in [0.5, 0.6) is 0 Å². The molecule has 0 heterocycles. The first-order chi connectivity index (χ1) is 4.35. The van der Waals surface area contributed by atoms with Gasteiger partial charge >= 0.3 is 0 Å². The number of hydrogen-bond donors (Lipinski definition) is 0. The molecule has 54 valence electrons. The van der Waals surface area contributed by atoms with Gasteiger partial charge in [-0.3, -0.25) is 0 Å². The maximum atomic E-state index is 5.02. The van der Waals surface area contributed by atoms with Gasteiger partial charge in [0.2, 0.25) is 0 Å². The Morgan fingerprint density at radius 3 is 1.00 bits per heavy atom. The SMILES string of the molecule is COC1C(OC)C1OC. The number of hydrogen-bond acceptors (Lipinski definition) is 3. The molecule has 3 nitrogen and oxygen atoms in total. The molecule has 1 fully saturated rings. The Morgan fingerprint density at radius 2 is 0.889 bits per heavy atom. The lowest BCUT2D eigenvalue weighted by atomic mass is 10.8. The van der Waals surface area contributed by atoms with Crippen LogP contribution in [0.4, 0.5) is 0 Å². The van der Waals surface area contributed by atoms with Gasteiger partial charge in [-0.15, -0.1) is 0 Å². The van der Waals surface area contributed by atoms with E-state index in [1.165, 1.54) is 0 Å². The van der Waals surface area contributed by atoms with Gasteiger partial charge in [-0.25, -0.2) is 0 Å². The molecule has 1 saturated carbocycles. The fourth-order valence-electron chi connectivity index (χ4n) is 1.04. The Labute approximate surface area is 54.9 Å². The van der Waals surface area contributed by atoms with Gasteiger partial charge in [0.1, 0.15) is 18.3 Å². The molecule has 0 N–H and O–H groups in total. The smallest absolute Gasteiger partial charge is 0.115 e. The highest BCUT2D eigenvalue weighted by Gasteiger charge is 2.52. The maximum Gasteiger partial charge on any atom is 0.115 e. The standard InChI is InChI=1S/C6H12O3/c1-7-4-5(8-2)6(4)9-3/h4-6H,1-3H3. The highest BCUT2D eigenvalue weighted by molar-refractivity contribution is 5.02. The Hall–Kier alpha value is -0.120. The van der Waals surface area contributed by atoms with E-state index < -0.39 is 0 Å². The van der Waals surface area contributed by atoms with Crippen LogP contribution >= 0.6 is 0 Å². The van der Waals surface area contributed by atoms with Crippen LogP contribution in [0.15, 0.2) is 0 Å². The Balaban J connectivity index is 2.26. The van der Waals surface area contributed by atoms with E-state index in [9.17, 15) is 0 Å². The average Bonchev–Trinajstić information content (AvgIpc) is 2.59. The van der Waals surface area contributed by atoms with Crippen LogP contribution in [0.25, 0.3) is 0 Å². The van der Waals surface area contributed by atoms with Crippen molar-refractivity contribution in [1.82, 2.24) is 0 Å². The van der Waals surface area contributed by atoms with Crippen molar-refractivity contribution >= 4 is 0 Å². The molecule has 0 spiro atoms. The zero-order valence-electron chi connectivity index (χ0n) is 5.96. The lowest BCUT2D eigenvalue weighted by molar-refractivity contribution is 0.0972. The van der Waals surface area contributed by atoms with Gasteiger partial charge in [-0.05, 0) is 0 Å². The number of methoxy groups -OCH3 is 3. The predicted octanol–water partition coefficient (Wildman–Crippen LogP) is 0.0450. The van der Waals surface area contributed by atoms with Crippen LogP contribution < -0.4 is 0 Å². The first-order valence-electron chi connectivity index (χ1n) is 2.93. The summed E-state index contributed by atoms with van der Waals surface area (Å²) in [6.45, 7) is 0. The van der Waals surface area contributed by atoms with Gasteiger partial charge in [-0.2, -0.15) is 0 Å². The summed E-state index contributed by atoms with van der Waals surface area (Å²) < 4.78 is 15.1. The molecule has 0 amide bonds. The van der Waals surface area contributed by atoms with Crippen molar-refractivity contribution in [2.24, 2.45) is 0 Å². The van der Waals surface area contributed by atoms with Crippen molar-refractivity contribution in [2.45, 2.75) is 18.3 Å². The maximum absolute atomic E-state index is 5.02. The molecule has 0 saturated heterocycles. The molecular formula is C6H12O3. The zero-order valence-corrected chi connectivity index (χ0v) is 5.96. The largest absolute Gasteiger partial charge is 0.376 e. The fraction of sp³-hybridized carbons (Fsp3) is 1.00. The second-order valence-electron chi connectivity index (χ2n) is 2.10. The number of rotatable bonds is 3. The summed E-state index contributed by atoms with van der Waals surface area (Å²) in [7, 11) is 4.99. The lowest BCUT2D eigenvalue weighted by Crippen LogP contribution is -1.96. The first-order valence-corrected chi connectivity index (χ1v) is 2.93. The summed E-state index contributed by atoms with van der Waals surface area (Å²) >= 11 is 0. The van der Waals surface area contributed by atoms with Gasteiger partial charge in [-0.1, -0.05) is 0 Å². The van der Waals surface area contributed by atoms with Crippen molar-refractivity contribution in [2.75, 3.05) is 21.3 Å². The summed E-state index contributed by atoms with van der Waals surface area (Å²) in [4.78, 5) is 0. The first kappa shape index (κ1) is 6.99. The lowest BCUT2D eigenvalue weighted by Gasteiger charge is -1.89.